The second-order valence-electron chi connectivity index (χ2n) is 8.49. The topological polar surface area (TPSA) is 72.5 Å². The highest BCUT2D eigenvalue weighted by Gasteiger charge is 2.60. The molecule has 0 aromatic heterocycles. The number of carbonyl (C=O) groups is 1. The summed E-state index contributed by atoms with van der Waals surface area (Å²) in [6, 6.07) is 7.45. The standard InChI is InChI=1S/C22H28O7/c1-21(2)26-16-12-15(18-20(19(16)28-21)29-22(3,4)27-18)25-17(23)11-10-13-8-6-7-9-14(13)24-5/h6-11,15-16,18-20H,12H2,1-5H3/b11-10+/t15-,16-,18+,19+,20+/m1/s1. The molecule has 1 aromatic carbocycles. The van der Waals surface area contributed by atoms with Crippen LogP contribution in [0.3, 0.4) is 0 Å². The summed E-state index contributed by atoms with van der Waals surface area (Å²) in [4.78, 5) is 12.5. The van der Waals surface area contributed by atoms with E-state index in [-0.39, 0.29) is 18.3 Å². The van der Waals surface area contributed by atoms with E-state index < -0.39 is 29.8 Å². The van der Waals surface area contributed by atoms with Crippen LogP contribution >= 0.6 is 0 Å². The number of esters is 1. The molecule has 0 amide bonds. The average Bonchev–Trinajstić information content (AvgIpc) is 3.14. The Bertz CT molecular complexity index is 800. The highest BCUT2D eigenvalue weighted by molar-refractivity contribution is 5.87. The molecular formula is C22H28O7. The van der Waals surface area contributed by atoms with Gasteiger partial charge in [-0.15, -0.1) is 0 Å². The van der Waals surface area contributed by atoms with Crippen molar-refractivity contribution in [3.8, 4) is 5.75 Å². The molecule has 7 heteroatoms. The summed E-state index contributed by atoms with van der Waals surface area (Å²) in [5.74, 6) is -1.26. The van der Waals surface area contributed by atoms with Gasteiger partial charge in [0.1, 0.15) is 30.2 Å². The molecule has 0 spiro atoms. The van der Waals surface area contributed by atoms with Gasteiger partial charge in [0.15, 0.2) is 11.6 Å². The van der Waals surface area contributed by atoms with Gasteiger partial charge in [-0.3, -0.25) is 0 Å². The first-order valence-corrected chi connectivity index (χ1v) is 9.90. The van der Waals surface area contributed by atoms with Gasteiger partial charge in [-0.25, -0.2) is 4.79 Å². The number of methoxy groups -OCH3 is 1. The summed E-state index contributed by atoms with van der Waals surface area (Å²) in [6.45, 7) is 7.44. The Morgan fingerprint density at radius 2 is 1.66 bits per heavy atom. The zero-order chi connectivity index (χ0) is 20.8. The van der Waals surface area contributed by atoms with Crippen molar-refractivity contribution in [1.29, 1.82) is 0 Å². The summed E-state index contributed by atoms with van der Waals surface area (Å²) >= 11 is 0. The molecule has 4 rings (SSSR count). The van der Waals surface area contributed by atoms with Gasteiger partial charge in [0.05, 0.1) is 13.2 Å². The van der Waals surface area contributed by atoms with Crippen LogP contribution in [0.4, 0.5) is 0 Å². The van der Waals surface area contributed by atoms with Crippen LogP contribution in [0.5, 0.6) is 5.75 Å². The van der Waals surface area contributed by atoms with Crippen molar-refractivity contribution in [2.24, 2.45) is 0 Å². The van der Waals surface area contributed by atoms with Gasteiger partial charge >= 0.3 is 5.97 Å². The molecule has 0 bridgehead atoms. The largest absolute Gasteiger partial charge is 0.496 e. The van der Waals surface area contributed by atoms with Gasteiger partial charge in [0.2, 0.25) is 0 Å². The number of benzene rings is 1. The minimum atomic E-state index is -0.780. The van der Waals surface area contributed by atoms with Crippen LogP contribution in [0, 0.1) is 0 Å². The minimum Gasteiger partial charge on any atom is -0.496 e. The molecule has 0 unspecified atom stereocenters. The van der Waals surface area contributed by atoms with E-state index in [9.17, 15) is 4.79 Å². The van der Waals surface area contributed by atoms with Crippen LogP contribution < -0.4 is 4.74 Å². The molecule has 29 heavy (non-hydrogen) atoms. The predicted octanol–water partition coefficient (Wildman–Crippen LogP) is 3.06. The van der Waals surface area contributed by atoms with E-state index in [0.717, 1.165) is 5.56 Å². The van der Waals surface area contributed by atoms with E-state index in [0.29, 0.717) is 12.2 Å². The van der Waals surface area contributed by atoms with E-state index in [1.54, 1.807) is 13.2 Å². The normalized spacial score (nSPS) is 34.6. The third-order valence-electron chi connectivity index (χ3n) is 5.35. The molecule has 0 N–H and O–H groups in total. The molecule has 2 heterocycles. The molecule has 1 aromatic rings. The second kappa shape index (κ2) is 7.40. The van der Waals surface area contributed by atoms with Gasteiger partial charge in [0, 0.05) is 18.1 Å². The molecule has 3 aliphatic rings. The fraction of sp³-hybridized carbons (Fsp3) is 0.591. The number of ether oxygens (including phenoxy) is 6. The first-order valence-electron chi connectivity index (χ1n) is 9.90. The van der Waals surface area contributed by atoms with Crippen molar-refractivity contribution >= 4 is 12.0 Å². The van der Waals surface area contributed by atoms with Crippen molar-refractivity contribution in [2.45, 2.75) is 76.2 Å². The third kappa shape index (κ3) is 4.19. The molecule has 7 nitrogen and oxygen atoms in total. The molecule has 0 radical (unpaired) electrons. The quantitative estimate of drug-likeness (QED) is 0.564. The van der Waals surface area contributed by atoms with Crippen LogP contribution in [0.1, 0.15) is 39.7 Å². The van der Waals surface area contributed by atoms with Crippen molar-refractivity contribution in [3.05, 3.63) is 35.9 Å². The Kier molecular flexibility index (Phi) is 5.19. The summed E-state index contributed by atoms with van der Waals surface area (Å²) in [5, 5.41) is 0. The lowest BCUT2D eigenvalue weighted by atomic mass is 9.87. The smallest absolute Gasteiger partial charge is 0.331 e. The maximum atomic E-state index is 12.5. The zero-order valence-electron chi connectivity index (χ0n) is 17.4. The van der Waals surface area contributed by atoms with Gasteiger partial charge in [-0.05, 0) is 39.8 Å². The SMILES string of the molecule is COc1ccccc1/C=C/C(=O)O[C@@H]1C[C@H]2OC(C)(C)O[C@@H]2[C@H]2OC(C)(C)O[C@H]21. The van der Waals surface area contributed by atoms with Crippen molar-refractivity contribution in [3.63, 3.8) is 0 Å². The summed E-state index contributed by atoms with van der Waals surface area (Å²) < 4.78 is 35.3. The van der Waals surface area contributed by atoms with Crippen molar-refractivity contribution in [1.82, 2.24) is 0 Å². The third-order valence-corrected chi connectivity index (χ3v) is 5.35. The Labute approximate surface area is 170 Å². The van der Waals surface area contributed by atoms with Gasteiger partial charge in [0.25, 0.3) is 0 Å². The molecule has 2 saturated heterocycles. The summed E-state index contributed by atoms with van der Waals surface area (Å²) in [7, 11) is 1.59. The molecule has 3 fully saturated rings. The molecular weight excluding hydrogens is 376 g/mol. The number of para-hydroxylation sites is 1. The molecule has 5 atom stereocenters. The number of hydrogen-bond donors (Lipinski definition) is 0. The van der Waals surface area contributed by atoms with Crippen LogP contribution in [-0.4, -0.2) is 55.2 Å². The predicted molar refractivity (Wildman–Crippen MR) is 104 cm³/mol. The van der Waals surface area contributed by atoms with Gasteiger partial charge < -0.3 is 28.4 Å². The van der Waals surface area contributed by atoms with Crippen LogP contribution in [-0.2, 0) is 28.5 Å². The monoisotopic (exact) mass is 404 g/mol. The number of hydrogen-bond acceptors (Lipinski definition) is 7. The second-order valence-corrected chi connectivity index (χ2v) is 8.49. The van der Waals surface area contributed by atoms with Gasteiger partial charge in [-0.2, -0.15) is 0 Å². The van der Waals surface area contributed by atoms with Crippen LogP contribution in [0.15, 0.2) is 30.3 Å². The molecule has 1 aliphatic carbocycles. The minimum absolute atomic E-state index is 0.222. The Hall–Kier alpha value is -1.93. The lowest BCUT2D eigenvalue weighted by molar-refractivity contribution is -0.179. The first-order chi connectivity index (χ1) is 13.7. The lowest BCUT2D eigenvalue weighted by Crippen LogP contribution is -2.54. The molecule has 158 valence electrons. The van der Waals surface area contributed by atoms with E-state index in [4.69, 9.17) is 28.4 Å². The fourth-order valence-electron chi connectivity index (χ4n) is 4.31. The highest BCUT2D eigenvalue weighted by atomic mass is 16.8. The fourth-order valence-corrected chi connectivity index (χ4v) is 4.31. The summed E-state index contributed by atoms with van der Waals surface area (Å²) in [5.41, 5.74) is 0.796. The number of rotatable bonds is 4. The first kappa shape index (κ1) is 20.3. The van der Waals surface area contributed by atoms with E-state index in [1.807, 2.05) is 52.0 Å². The zero-order valence-corrected chi connectivity index (χ0v) is 17.4. The average molecular weight is 404 g/mol. The van der Waals surface area contributed by atoms with Crippen LogP contribution in [0.2, 0.25) is 0 Å². The van der Waals surface area contributed by atoms with Gasteiger partial charge in [-0.1, -0.05) is 18.2 Å². The van der Waals surface area contributed by atoms with E-state index in [2.05, 4.69) is 0 Å². The van der Waals surface area contributed by atoms with Crippen LogP contribution in [0.25, 0.3) is 6.08 Å². The van der Waals surface area contributed by atoms with E-state index in [1.165, 1.54) is 6.08 Å². The maximum absolute atomic E-state index is 12.5. The Morgan fingerprint density at radius 3 is 2.41 bits per heavy atom. The summed E-state index contributed by atoms with van der Waals surface area (Å²) in [6.07, 6.45) is 1.83. The number of fused-ring (bicyclic) bond motifs is 3. The van der Waals surface area contributed by atoms with Crippen molar-refractivity contribution in [2.75, 3.05) is 7.11 Å². The molecule has 1 saturated carbocycles. The van der Waals surface area contributed by atoms with Crippen molar-refractivity contribution < 1.29 is 33.2 Å². The van der Waals surface area contributed by atoms with E-state index >= 15 is 0 Å². The number of carbonyl (C=O) groups excluding carboxylic acids is 1. The maximum Gasteiger partial charge on any atom is 0.331 e. The highest BCUT2D eigenvalue weighted by Crippen LogP contribution is 2.45. The Balaban J connectivity index is 1.49. The lowest BCUT2D eigenvalue weighted by Gasteiger charge is -2.36. The molecule has 2 aliphatic heterocycles. The Morgan fingerprint density at radius 1 is 1.00 bits per heavy atom.